The number of rotatable bonds is 2. The number of aromatic nitrogens is 2. The van der Waals surface area contributed by atoms with Gasteiger partial charge >= 0.3 is 0 Å². The lowest BCUT2D eigenvalue weighted by Gasteiger charge is -2.66. The van der Waals surface area contributed by atoms with Crippen LogP contribution in [0.25, 0.3) is 0 Å². The number of nitrogens with one attached hydrogen (secondary N) is 1. The number of hydrogen-bond acceptors (Lipinski definition) is 2. The summed E-state index contributed by atoms with van der Waals surface area (Å²) in [5.41, 5.74) is 3.04. The maximum absolute atomic E-state index is 4.56. The van der Waals surface area contributed by atoms with Crippen LogP contribution in [-0.2, 0) is 5.54 Å². The van der Waals surface area contributed by atoms with Crippen LogP contribution < -0.4 is 5.32 Å². The van der Waals surface area contributed by atoms with E-state index in [2.05, 4.69) is 41.2 Å². The lowest BCUT2D eigenvalue weighted by atomic mass is 9.42. The fourth-order valence-electron chi connectivity index (χ4n) is 7.16. The number of hydrogen-bond donors (Lipinski definition) is 1. The Balaban J connectivity index is 1.60. The highest BCUT2D eigenvalue weighted by Gasteiger charge is 2.61. The summed E-state index contributed by atoms with van der Waals surface area (Å²) in [6.07, 6.45) is 12.9. The molecule has 3 heteroatoms. The predicted molar refractivity (Wildman–Crippen MR) is 83.2 cm³/mol. The summed E-state index contributed by atoms with van der Waals surface area (Å²) < 4.78 is 2.64. The maximum atomic E-state index is 4.56. The first-order valence-electron chi connectivity index (χ1n) is 8.73. The molecule has 1 saturated heterocycles. The Morgan fingerprint density at radius 1 is 1.10 bits per heavy atom. The Morgan fingerprint density at radius 3 is 2.38 bits per heavy atom. The first-order chi connectivity index (χ1) is 10.00. The summed E-state index contributed by atoms with van der Waals surface area (Å²) in [4.78, 5) is 4.56. The third-order valence-electron chi connectivity index (χ3n) is 6.97. The molecule has 1 aromatic rings. The van der Waals surface area contributed by atoms with Crippen LogP contribution in [0.5, 0.6) is 0 Å². The summed E-state index contributed by atoms with van der Waals surface area (Å²) in [7, 11) is 0. The maximum Gasteiger partial charge on any atom is 0.0953 e. The summed E-state index contributed by atoms with van der Waals surface area (Å²) in [5.74, 6) is 1.65. The van der Waals surface area contributed by atoms with E-state index in [-0.39, 0.29) is 0 Å². The van der Waals surface area contributed by atoms with Gasteiger partial charge in [0.05, 0.1) is 6.33 Å². The van der Waals surface area contributed by atoms with Crippen LogP contribution in [0.15, 0.2) is 12.5 Å². The molecule has 5 fully saturated rings. The third-order valence-corrected chi connectivity index (χ3v) is 6.97. The third kappa shape index (κ3) is 1.67. The molecule has 21 heavy (non-hydrogen) atoms. The van der Waals surface area contributed by atoms with Crippen molar-refractivity contribution < 1.29 is 0 Å². The molecule has 0 spiro atoms. The van der Waals surface area contributed by atoms with Gasteiger partial charge in [0.2, 0.25) is 0 Å². The minimum absolute atomic E-state index is 0.379. The predicted octanol–water partition coefficient (Wildman–Crippen LogP) is 3.28. The van der Waals surface area contributed by atoms with Crippen LogP contribution >= 0.6 is 0 Å². The normalized spacial score (nSPS) is 48.6. The van der Waals surface area contributed by atoms with E-state index in [1.165, 1.54) is 44.2 Å². The zero-order valence-electron chi connectivity index (χ0n) is 13.4. The SMILES string of the molecule is CC12CC3CC(C)(C1)CC(n1cncc1C1CNC1)(C3)C2. The van der Waals surface area contributed by atoms with E-state index in [4.69, 9.17) is 0 Å². The zero-order chi connectivity index (χ0) is 14.3. The monoisotopic (exact) mass is 285 g/mol. The second-order valence-electron chi connectivity index (χ2n) is 9.40. The molecule has 2 unspecified atom stereocenters. The van der Waals surface area contributed by atoms with Crippen LogP contribution in [0.3, 0.4) is 0 Å². The molecule has 0 aromatic carbocycles. The average molecular weight is 285 g/mol. The van der Waals surface area contributed by atoms with Crippen molar-refractivity contribution in [3.05, 3.63) is 18.2 Å². The van der Waals surface area contributed by atoms with Gasteiger partial charge in [-0.3, -0.25) is 0 Å². The second kappa shape index (κ2) is 3.73. The molecule has 2 atom stereocenters. The van der Waals surface area contributed by atoms with Crippen LogP contribution in [0.4, 0.5) is 0 Å². The van der Waals surface area contributed by atoms with E-state index >= 15 is 0 Å². The van der Waals surface area contributed by atoms with Crippen molar-refractivity contribution in [1.82, 2.24) is 14.9 Å². The van der Waals surface area contributed by atoms with Crippen molar-refractivity contribution in [2.75, 3.05) is 13.1 Å². The average Bonchev–Trinajstić information content (AvgIpc) is 2.70. The van der Waals surface area contributed by atoms with E-state index in [0.29, 0.717) is 22.3 Å². The van der Waals surface area contributed by atoms with E-state index in [1.807, 2.05) is 0 Å². The van der Waals surface area contributed by atoms with Gasteiger partial charge in [-0.25, -0.2) is 4.98 Å². The molecule has 1 aromatic heterocycles. The second-order valence-corrected chi connectivity index (χ2v) is 9.40. The molecule has 1 aliphatic heterocycles. The van der Waals surface area contributed by atoms with Gasteiger partial charge in [0.15, 0.2) is 0 Å². The lowest BCUT2D eigenvalue weighted by molar-refractivity contribution is -0.137. The lowest BCUT2D eigenvalue weighted by Crippen LogP contribution is -2.59. The van der Waals surface area contributed by atoms with Crippen LogP contribution in [-0.4, -0.2) is 22.6 Å². The van der Waals surface area contributed by atoms with Gasteiger partial charge in [0.1, 0.15) is 0 Å². The molecule has 114 valence electrons. The van der Waals surface area contributed by atoms with Gasteiger partial charge in [0, 0.05) is 36.4 Å². The van der Waals surface area contributed by atoms with Crippen molar-refractivity contribution in [3.63, 3.8) is 0 Å². The molecular formula is C18H27N3. The van der Waals surface area contributed by atoms with Crippen molar-refractivity contribution in [1.29, 1.82) is 0 Å². The Morgan fingerprint density at radius 2 is 1.81 bits per heavy atom. The van der Waals surface area contributed by atoms with E-state index in [9.17, 15) is 0 Å². The van der Waals surface area contributed by atoms with Crippen LogP contribution in [0, 0.1) is 16.7 Å². The van der Waals surface area contributed by atoms with E-state index in [0.717, 1.165) is 19.0 Å². The number of nitrogens with zero attached hydrogens (tertiary/aromatic N) is 2. The van der Waals surface area contributed by atoms with Crippen molar-refractivity contribution in [2.24, 2.45) is 16.7 Å². The molecule has 0 amide bonds. The van der Waals surface area contributed by atoms with Gasteiger partial charge in [-0.2, -0.15) is 0 Å². The molecule has 3 nitrogen and oxygen atoms in total. The van der Waals surface area contributed by atoms with Crippen LogP contribution in [0.2, 0.25) is 0 Å². The molecule has 2 heterocycles. The van der Waals surface area contributed by atoms with Gasteiger partial charge < -0.3 is 9.88 Å². The Labute approximate surface area is 127 Å². The summed E-state index contributed by atoms with van der Waals surface area (Å²) in [6, 6.07) is 0. The highest BCUT2D eigenvalue weighted by molar-refractivity contribution is 5.20. The first kappa shape index (κ1) is 12.7. The topological polar surface area (TPSA) is 29.9 Å². The van der Waals surface area contributed by atoms with Gasteiger partial charge in [-0.1, -0.05) is 13.8 Å². The molecule has 0 radical (unpaired) electrons. The highest BCUT2D eigenvalue weighted by Crippen LogP contribution is 2.68. The summed E-state index contributed by atoms with van der Waals surface area (Å²) in [5, 5.41) is 3.42. The molecule has 4 saturated carbocycles. The van der Waals surface area contributed by atoms with Crippen molar-refractivity contribution >= 4 is 0 Å². The molecule has 6 rings (SSSR count). The molecule has 5 aliphatic rings. The Hall–Kier alpha value is -0.830. The highest BCUT2D eigenvalue weighted by atomic mass is 15.2. The minimum Gasteiger partial charge on any atom is -0.328 e. The standard InChI is InChI=1S/C18H27N3/c1-16-3-13-4-17(2,9-16)11-18(5-13,10-16)21-12-20-8-15(21)14-6-19-7-14/h8,12-14,19H,3-7,9-11H2,1-2H3. The van der Waals surface area contributed by atoms with E-state index < -0.39 is 0 Å². The fraction of sp³-hybridized carbons (Fsp3) is 0.833. The molecule has 4 aliphatic carbocycles. The van der Waals surface area contributed by atoms with Gasteiger partial charge in [0.25, 0.3) is 0 Å². The Kier molecular flexibility index (Phi) is 2.26. The Bertz CT molecular complexity index is 567. The first-order valence-corrected chi connectivity index (χ1v) is 8.73. The van der Waals surface area contributed by atoms with E-state index in [1.54, 1.807) is 0 Å². The molecular weight excluding hydrogens is 258 g/mol. The van der Waals surface area contributed by atoms with Gasteiger partial charge in [-0.15, -0.1) is 0 Å². The van der Waals surface area contributed by atoms with Gasteiger partial charge in [-0.05, 0) is 55.3 Å². The van der Waals surface area contributed by atoms with Crippen molar-refractivity contribution in [2.45, 2.75) is 63.8 Å². The quantitative estimate of drug-likeness (QED) is 0.904. The molecule has 1 N–H and O–H groups in total. The fourth-order valence-corrected chi connectivity index (χ4v) is 7.16. The zero-order valence-corrected chi connectivity index (χ0v) is 13.4. The minimum atomic E-state index is 0.379. The number of imidazole rings is 1. The summed E-state index contributed by atoms with van der Waals surface area (Å²) in [6.45, 7) is 7.40. The largest absolute Gasteiger partial charge is 0.328 e. The van der Waals surface area contributed by atoms with Crippen molar-refractivity contribution in [3.8, 4) is 0 Å². The summed E-state index contributed by atoms with van der Waals surface area (Å²) >= 11 is 0. The smallest absolute Gasteiger partial charge is 0.0953 e. The van der Waals surface area contributed by atoms with Crippen LogP contribution in [0.1, 0.15) is 64.0 Å². The molecule has 4 bridgehead atoms.